The normalized spacial score (nSPS) is 10.6. The third-order valence-corrected chi connectivity index (χ3v) is 3.87. The van der Waals surface area contributed by atoms with E-state index in [1.54, 1.807) is 18.2 Å². The van der Waals surface area contributed by atoms with E-state index in [0.29, 0.717) is 16.7 Å². The predicted molar refractivity (Wildman–Crippen MR) is 96.3 cm³/mol. The lowest BCUT2D eigenvalue weighted by atomic mass is 10.1. The molecule has 2 amide bonds. The summed E-state index contributed by atoms with van der Waals surface area (Å²) in [4.78, 5) is 34.6. The molecule has 3 rings (SSSR count). The van der Waals surface area contributed by atoms with Crippen LogP contribution in [0.25, 0.3) is 11.0 Å². The molecule has 3 aromatic rings. The topological polar surface area (TPSA) is 112 Å². The molecule has 0 saturated heterocycles. The van der Waals surface area contributed by atoms with E-state index in [4.69, 9.17) is 14.9 Å². The zero-order chi connectivity index (χ0) is 19.6. The summed E-state index contributed by atoms with van der Waals surface area (Å²) in [7, 11) is 0. The number of carbonyl (C=O) groups excluding carboxylic acids is 2. The molecular weight excluding hydrogens is 355 g/mol. The van der Waals surface area contributed by atoms with E-state index in [9.17, 15) is 18.8 Å². The summed E-state index contributed by atoms with van der Waals surface area (Å²) in [5, 5.41) is 3.19. The van der Waals surface area contributed by atoms with Gasteiger partial charge in [0.25, 0.3) is 5.91 Å². The van der Waals surface area contributed by atoms with E-state index in [0.717, 1.165) is 6.07 Å². The van der Waals surface area contributed by atoms with Gasteiger partial charge in [-0.05, 0) is 37.3 Å². The highest BCUT2D eigenvalue weighted by Crippen LogP contribution is 2.22. The van der Waals surface area contributed by atoms with Gasteiger partial charge in [0.2, 0.25) is 5.91 Å². The van der Waals surface area contributed by atoms with E-state index in [1.165, 1.54) is 25.1 Å². The van der Waals surface area contributed by atoms with E-state index in [-0.39, 0.29) is 23.4 Å². The van der Waals surface area contributed by atoms with Gasteiger partial charge in [-0.25, -0.2) is 9.18 Å². The predicted octanol–water partition coefficient (Wildman–Crippen LogP) is 2.36. The van der Waals surface area contributed by atoms with Gasteiger partial charge < -0.3 is 20.2 Å². The van der Waals surface area contributed by atoms with Crippen LogP contribution in [0.5, 0.6) is 5.75 Å². The van der Waals surface area contributed by atoms with Crippen molar-refractivity contribution in [3.05, 3.63) is 69.8 Å². The van der Waals surface area contributed by atoms with Crippen molar-refractivity contribution in [1.82, 2.24) is 0 Å². The lowest BCUT2D eigenvalue weighted by molar-refractivity contribution is -0.118. The summed E-state index contributed by atoms with van der Waals surface area (Å²) in [6.45, 7) is 1.09. The van der Waals surface area contributed by atoms with Crippen LogP contribution in [-0.2, 0) is 4.79 Å². The van der Waals surface area contributed by atoms with Gasteiger partial charge in [0.15, 0.2) is 6.61 Å². The Morgan fingerprint density at radius 3 is 2.67 bits per heavy atom. The Balaban J connectivity index is 1.71. The van der Waals surface area contributed by atoms with Crippen LogP contribution < -0.4 is 21.4 Å². The second kappa shape index (κ2) is 7.28. The van der Waals surface area contributed by atoms with Crippen molar-refractivity contribution >= 4 is 28.5 Å². The first-order chi connectivity index (χ1) is 12.8. The smallest absolute Gasteiger partial charge is 0.336 e. The molecule has 138 valence electrons. The largest absolute Gasteiger partial charge is 0.484 e. The highest BCUT2D eigenvalue weighted by Gasteiger charge is 2.13. The molecule has 0 spiro atoms. The molecule has 0 saturated carbocycles. The Bertz CT molecular complexity index is 1110. The highest BCUT2D eigenvalue weighted by molar-refractivity contribution is 5.97. The van der Waals surface area contributed by atoms with Crippen molar-refractivity contribution < 1.29 is 23.1 Å². The SMILES string of the molecule is Cc1c(F)cc(C(N)=O)cc1NC(=O)COc1ccc2ccc(=O)oc2c1. The third-order valence-electron chi connectivity index (χ3n) is 3.87. The highest BCUT2D eigenvalue weighted by atomic mass is 19.1. The monoisotopic (exact) mass is 370 g/mol. The molecule has 27 heavy (non-hydrogen) atoms. The number of fused-ring (bicyclic) bond motifs is 1. The summed E-state index contributed by atoms with van der Waals surface area (Å²) < 4.78 is 24.3. The molecule has 0 unspecified atom stereocenters. The number of ether oxygens (including phenoxy) is 1. The number of benzene rings is 2. The Labute approximate surface area is 152 Å². The van der Waals surface area contributed by atoms with Gasteiger partial charge in [0.1, 0.15) is 17.1 Å². The number of hydrogen-bond acceptors (Lipinski definition) is 5. The molecule has 0 aliphatic rings. The van der Waals surface area contributed by atoms with Gasteiger partial charge >= 0.3 is 5.63 Å². The number of halogens is 1. The second-order valence-electron chi connectivity index (χ2n) is 5.79. The minimum Gasteiger partial charge on any atom is -0.484 e. The molecule has 0 bridgehead atoms. The Morgan fingerprint density at radius 1 is 1.19 bits per heavy atom. The maximum Gasteiger partial charge on any atom is 0.336 e. The lowest BCUT2D eigenvalue weighted by Gasteiger charge is -2.11. The molecule has 2 aromatic carbocycles. The molecule has 1 aromatic heterocycles. The minimum absolute atomic E-state index is 0.0566. The van der Waals surface area contributed by atoms with Crippen LogP contribution in [0.2, 0.25) is 0 Å². The fraction of sp³-hybridized carbons (Fsp3) is 0.105. The number of amides is 2. The number of carbonyl (C=O) groups is 2. The quantitative estimate of drug-likeness (QED) is 0.670. The van der Waals surface area contributed by atoms with Gasteiger partial charge in [0.05, 0.1) is 0 Å². The Kier molecular flexibility index (Phi) is 4.89. The van der Waals surface area contributed by atoms with Crippen LogP contribution in [0.3, 0.4) is 0 Å². The molecule has 0 radical (unpaired) electrons. The van der Waals surface area contributed by atoms with Crippen LogP contribution in [0.1, 0.15) is 15.9 Å². The maximum absolute atomic E-state index is 13.9. The number of rotatable bonds is 5. The molecule has 0 atom stereocenters. The van der Waals surface area contributed by atoms with Crippen LogP contribution in [0.15, 0.2) is 51.7 Å². The fourth-order valence-electron chi connectivity index (χ4n) is 2.42. The van der Waals surface area contributed by atoms with Crippen molar-refractivity contribution in [3.63, 3.8) is 0 Å². The molecule has 8 heteroatoms. The fourth-order valence-corrected chi connectivity index (χ4v) is 2.42. The van der Waals surface area contributed by atoms with Crippen LogP contribution in [0.4, 0.5) is 10.1 Å². The third kappa shape index (κ3) is 4.12. The van der Waals surface area contributed by atoms with Crippen molar-refractivity contribution in [2.24, 2.45) is 5.73 Å². The Morgan fingerprint density at radius 2 is 1.93 bits per heavy atom. The zero-order valence-corrected chi connectivity index (χ0v) is 14.2. The van der Waals surface area contributed by atoms with Crippen molar-refractivity contribution in [3.8, 4) is 5.75 Å². The van der Waals surface area contributed by atoms with Crippen molar-refractivity contribution in [1.29, 1.82) is 0 Å². The van der Waals surface area contributed by atoms with Gasteiger partial charge in [0, 0.05) is 34.3 Å². The zero-order valence-electron chi connectivity index (χ0n) is 14.2. The number of primary amides is 1. The van der Waals surface area contributed by atoms with Gasteiger partial charge in [-0.3, -0.25) is 9.59 Å². The van der Waals surface area contributed by atoms with Gasteiger partial charge in [-0.1, -0.05) is 0 Å². The van der Waals surface area contributed by atoms with Crippen LogP contribution in [-0.4, -0.2) is 18.4 Å². The summed E-state index contributed by atoms with van der Waals surface area (Å²) in [5.41, 5.74) is 5.22. The first kappa shape index (κ1) is 18.1. The Hall–Kier alpha value is -3.68. The number of nitrogens with two attached hydrogens (primary N) is 1. The van der Waals surface area contributed by atoms with Gasteiger partial charge in [-0.2, -0.15) is 0 Å². The summed E-state index contributed by atoms with van der Waals surface area (Å²) in [6.07, 6.45) is 0. The average molecular weight is 370 g/mol. The number of nitrogens with one attached hydrogen (secondary N) is 1. The summed E-state index contributed by atoms with van der Waals surface area (Å²) >= 11 is 0. The van der Waals surface area contributed by atoms with E-state index in [1.807, 2.05) is 0 Å². The second-order valence-corrected chi connectivity index (χ2v) is 5.79. The molecule has 3 N–H and O–H groups in total. The molecule has 0 aliphatic heterocycles. The summed E-state index contributed by atoms with van der Waals surface area (Å²) in [6, 6.07) is 10.0. The molecule has 1 heterocycles. The van der Waals surface area contributed by atoms with Gasteiger partial charge in [-0.15, -0.1) is 0 Å². The number of anilines is 1. The molecular formula is C19H15FN2O5. The molecule has 0 aliphatic carbocycles. The average Bonchev–Trinajstić information content (AvgIpc) is 2.63. The standard InChI is InChI=1S/C19H15FN2O5/c1-10-14(20)6-12(19(21)25)7-15(10)22-17(23)9-26-13-4-2-11-3-5-18(24)27-16(11)8-13/h2-8H,9H2,1H3,(H2,21,25)(H,22,23). The van der Waals surface area contributed by atoms with Crippen molar-refractivity contribution in [2.45, 2.75) is 6.92 Å². The summed E-state index contributed by atoms with van der Waals surface area (Å²) in [5.74, 6) is -1.71. The van der Waals surface area contributed by atoms with Crippen molar-refractivity contribution in [2.75, 3.05) is 11.9 Å². The molecule has 7 nitrogen and oxygen atoms in total. The lowest BCUT2D eigenvalue weighted by Crippen LogP contribution is -2.21. The van der Waals surface area contributed by atoms with Crippen LogP contribution >= 0.6 is 0 Å². The molecule has 0 fully saturated rings. The minimum atomic E-state index is -0.807. The van der Waals surface area contributed by atoms with E-state index < -0.39 is 23.3 Å². The first-order valence-corrected chi connectivity index (χ1v) is 7.90. The van der Waals surface area contributed by atoms with Crippen LogP contribution in [0, 0.1) is 12.7 Å². The number of hydrogen-bond donors (Lipinski definition) is 2. The van der Waals surface area contributed by atoms with E-state index >= 15 is 0 Å². The van der Waals surface area contributed by atoms with E-state index in [2.05, 4.69) is 5.32 Å². The first-order valence-electron chi connectivity index (χ1n) is 7.90. The maximum atomic E-state index is 13.9.